The zero-order valence-corrected chi connectivity index (χ0v) is 9.82. The molecular formula is C13H18O3. The van der Waals surface area contributed by atoms with Gasteiger partial charge in [-0.15, -0.1) is 0 Å². The summed E-state index contributed by atoms with van der Waals surface area (Å²) in [5, 5.41) is 9.00. The van der Waals surface area contributed by atoms with Crippen molar-refractivity contribution in [2.24, 2.45) is 0 Å². The minimum Gasteiger partial charge on any atom is -0.396 e. The lowest BCUT2D eigenvalue weighted by Gasteiger charge is -2.23. The average Bonchev–Trinajstić information content (AvgIpc) is 2.70. The Morgan fingerprint density at radius 2 is 2.00 bits per heavy atom. The molecule has 0 aromatic heterocycles. The van der Waals surface area contributed by atoms with Crippen molar-refractivity contribution in [2.75, 3.05) is 19.8 Å². The van der Waals surface area contributed by atoms with Crippen LogP contribution in [-0.4, -0.2) is 24.9 Å². The highest BCUT2D eigenvalue weighted by atomic mass is 16.7. The quantitative estimate of drug-likeness (QED) is 0.846. The van der Waals surface area contributed by atoms with Crippen molar-refractivity contribution in [2.45, 2.75) is 26.1 Å². The topological polar surface area (TPSA) is 38.7 Å². The molecule has 3 heteroatoms. The molecule has 1 aliphatic rings. The van der Waals surface area contributed by atoms with Crippen LogP contribution in [0.3, 0.4) is 0 Å². The fourth-order valence-electron chi connectivity index (χ4n) is 2.02. The lowest BCUT2D eigenvalue weighted by molar-refractivity contribution is -0.149. The van der Waals surface area contributed by atoms with E-state index < -0.39 is 5.79 Å². The second kappa shape index (κ2) is 4.53. The molecule has 0 aliphatic carbocycles. The molecule has 1 N–H and O–H groups in total. The Bertz CT molecular complexity index is 367. The van der Waals surface area contributed by atoms with E-state index in [1.165, 1.54) is 5.56 Å². The van der Waals surface area contributed by atoms with Crippen LogP contribution in [0.15, 0.2) is 18.2 Å². The number of ether oxygens (including phenoxy) is 2. The Balaban J connectivity index is 2.31. The Labute approximate surface area is 96.0 Å². The van der Waals surface area contributed by atoms with E-state index in [0.29, 0.717) is 19.6 Å². The van der Waals surface area contributed by atoms with Crippen LogP contribution in [0.25, 0.3) is 0 Å². The first-order valence-electron chi connectivity index (χ1n) is 5.64. The molecule has 0 amide bonds. The molecule has 0 radical (unpaired) electrons. The summed E-state index contributed by atoms with van der Waals surface area (Å²) in [6.07, 6.45) is 0.676. The van der Waals surface area contributed by atoms with Crippen LogP contribution >= 0.6 is 0 Å². The first kappa shape index (κ1) is 11.6. The van der Waals surface area contributed by atoms with Gasteiger partial charge < -0.3 is 14.6 Å². The molecule has 1 heterocycles. The SMILES string of the molecule is Cc1ccc(C2(C)OCCO2)cc1CCO. The van der Waals surface area contributed by atoms with Gasteiger partial charge in [0, 0.05) is 12.2 Å². The van der Waals surface area contributed by atoms with Gasteiger partial charge in [0.1, 0.15) is 0 Å². The maximum Gasteiger partial charge on any atom is 0.192 e. The fraction of sp³-hybridized carbons (Fsp3) is 0.538. The van der Waals surface area contributed by atoms with E-state index in [1.54, 1.807) is 0 Å². The number of hydrogen-bond donors (Lipinski definition) is 1. The summed E-state index contributed by atoms with van der Waals surface area (Å²) in [6.45, 7) is 5.43. The van der Waals surface area contributed by atoms with E-state index in [9.17, 15) is 0 Å². The first-order chi connectivity index (χ1) is 7.65. The molecule has 16 heavy (non-hydrogen) atoms. The highest BCUT2D eigenvalue weighted by Crippen LogP contribution is 2.31. The highest BCUT2D eigenvalue weighted by molar-refractivity contribution is 5.33. The van der Waals surface area contributed by atoms with E-state index in [-0.39, 0.29) is 6.61 Å². The number of hydrogen-bond acceptors (Lipinski definition) is 3. The van der Waals surface area contributed by atoms with Gasteiger partial charge in [0.25, 0.3) is 0 Å². The van der Waals surface area contributed by atoms with Crippen molar-refractivity contribution in [3.05, 3.63) is 34.9 Å². The standard InChI is InChI=1S/C13H18O3/c1-10-3-4-12(9-11(10)5-6-14)13(2)15-7-8-16-13/h3-4,9,14H,5-8H2,1-2H3. The third-order valence-corrected chi connectivity index (χ3v) is 3.09. The molecule has 1 aliphatic heterocycles. The van der Waals surface area contributed by atoms with Gasteiger partial charge in [-0.3, -0.25) is 0 Å². The number of aliphatic hydroxyl groups excluding tert-OH is 1. The van der Waals surface area contributed by atoms with E-state index in [1.807, 2.05) is 19.9 Å². The minimum atomic E-state index is -0.613. The zero-order chi connectivity index (χ0) is 11.6. The molecular weight excluding hydrogens is 204 g/mol. The van der Waals surface area contributed by atoms with Gasteiger partial charge in [-0.05, 0) is 31.4 Å². The normalized spacial score (nSPS) is 18.9. The van der Waals surface area contributed by atoms with Gasteiger partial charge in [0.15, 0.2) is 5.79 Å². The summed E-state index contributed by atoms with van der Waals surface area (Å²) in [6, 6.07) is 6.15. The van der Waals surface area contributed by atoms with Crippen LogP contribution < -0.4 is 0 Å². The monoisotopic (exact) mass is 222 g/mol. The van der Waals surface area contributed by atoms with E-state index in [4.69, 9.17) is 14.6 Å². The third kappa shape index (κ3) is 2.12. The predicted octanol–water partition coefficient (Wildman–Crippen LogP) is 1.75. The number of rotatable bonds is 3. The molecule has 0 bridgehead atoms. The van der Waals surface area contributed by atoms with Crippen LogP contribution in [0.4, 0.5) is 0 Å². The molecule has 88 valence electrons. The molecule has 1 aromatic rings. The van der Waals surface area contributed by atoms with Crippen molar-refractivity contribution >= 4 is 0 Å². The molecule has 0 spiro atoms. The first-order valence-corrected chi connectivity index (χ1v) is 5.64. The fourth-order valence-corrected chi connectivity index (χ4v) is 2.02. The van der Waals surface area contributed by atoms with Crippen molar-refractivity contribution < 1.29 is 14.6 Å². The number of aryl methyl sites for hydroxylation is 1. The lowest BCUT2D eigenvalue weighted by atomic mass is 9.98. The predicted molar refractivity (Wildman–Crippen MR) is 61.2 cm³/mol. The second-order valence-corrected chi connectivity index (χ2v) is 4.26. The number of aliphatic hydroxyl groups is 1. The van der Waals surface area contributed by atoms with Gasteiger partial charge in [-0.2, -0.15) is 0 Å². The molecule has 3 nitrogen and oxygen atoms in total. The largest absolute Gasteiger partial charge is 0.396 e. The van der Waals surface area contributed by atoms with Gasteiger partial charge in [-0.1, -0.05) is 18.2 Å². The molecule has 0 unspecified atom stereocenters. The summed E-state index contributed by atoms with van der Waals surface area (Å²) in [7, 11) is 0. The Morgan fingerprint density at radius 3 is 2.62 bits per heavy atom. The summed E-state index contributed by atoms with van der Waals surface area (Å²) in [4.78, 5) is 0. The molecule has 1 aromatic carbocycles. The molecule has 1 fully saturated rings. The summed E-state index contributed by atoms with van der Waals surface area (Å²) < 4.78 is 11.2. The summed E-state index contributed by atoms with van der Waals surface area (Å²) >= 11 is 0. The smallest absolute Gasteiger partial charge is 0.192 e. The number of benzene rings is 1. The van der Waals surface area contributed by atoms with Crippen molar-refractivity contribution in [3.63, 3.8) is 0 Å². The highest BCUT2D eigenvalue weighted by Gasteiger charge is 2.33. The molecule has 0 atom stereocenters. The average molecular weight is 222 g/mol. The van der Waals surface area contributed by atoms with Gasteiger partial charge in [-0.25, -0.2) is 0 Å². The van der Waals surface area contributed by atoms with E-state index >= 15 is 0 Å². The van der Waals surface area contributed by atoms with Gasteiger partial charge in [0.05, 0.1) is 13.2 Å². The molecule has 1 saturated heterocycles. The minimum absolute atomic E-state index is 0.169. The Morgan fingerprint density at radius 1 is 1.31 bits per heavy atom. The van der Waals surface area contributed by atoms with Gasteiger partial charge >= 0.3 is 0 Å². The van der Waals surface area contributed by atoms with Crippen LogP contribution in [0, 0.1) is 6.92 Å². The van der Waals surface area contributed by atoms with Crippen LogP contribution in [0.5, 0.6) is 0 Å². The van der Waals surface area contributed by atoms with Crippen LogP contribution in [0.2, 0.25) is 0 Å². The second-order valence-electron chi connectivity index (χ2n) is 4.26. The molecule has 0 saturated carbocycles. The van der Waals surface area contributed by atoms with Crippen LogP contribution in [0.1, 0.15) is 23.6 Å². The van der Waals surface area contributed by atoms with Crippen molar-refractivity contribution in [3.8, 4) is 0 Å². The maximum atomic E-state index is 9.00. The Kier molecular flexibility index (Phi) is 3.28. The third-order valence-electron chi connectivity index (χ3n) is 3.09. The summed E-state index contributed by atoms with van der Waals surface area (Å²) in [5.74, 6) is -0.613. The van der Waals surface area contributed by atoms with Gasteiger partial charge in [0.2, 0.25) is 0 Å². The zero-order valence-electron chi connectivity index (χ0n) is 9.82. The maximum absolute atomic E-state index is 9.00. The van der Waals surface area contributed by atoms with Crippen molar-refractivity contribution in [1.82, 2.24) is 0 Å². The Hall–Kier alpha value is -0.900. The lowest BCUT2D eigenvalue weighted by Crippen LogP contribution is -2.22. The van der Waals surface area contributed by atoms with Crippen molar-refractivity contribution in [1.29, 1.82) is 0 Å². The van der Waals surface area contributed by atoms with Crippen LogP contribution in [-0.2, 0) is 21.7 Å². The van der Waals surface area contributed by atoms with E-state index in [2.05, 4.69) is 12.1 Å². The molecule has 2 rings (SSSR count). The summed E-state index contributed by atoms with van der Waals surface area (Å²) in [5.41, 5.74) is 3.37. The van der Waals surface area contributed by atoms with E-state index in [0.717, 1.165) is 11.1 Å².